The first-order valence-electron chi connectivity index (χ1n) is 8.95. The van der Waals surface area contributed by atoms with E-state index in [1.807, 2.05) is 42.5 Å². The van der Waals surface area contributed by atoms with Crippen LogP contribution in [0.5, 0.6) is 0 Å². The second-order valence-corrected chi connectivity index (χ2v) is 8.23. The van der Waals surface area contributed by atoms with Crippen LogP contribution in [-0.4, -0.2) is 35.2 Å². The third kappa shape index (κ3) is 4.34. The summed E-state index contributed by atoms with van der Waals surface area (Å²) < 4.78 is 1.12. The minimum atomic E-state index is -0.808. The van der Waals surface area contributed by atoms with Gasteiger partial charge in [0, 0.05) is 29.8 Å². The molecule has 1 saturated heterocycles. The van der Waals surface area contributed by atoms with Crippen LogP contribution in [0.15, 0.2) is 42.5 Å². The number of carboxylic acids is 1. The fourth-order valence-electron chi connectivity index (χ4n) is 3.42. The molecule has 1 aliphatic heterocycles. The Morgan fingerprint density at radius 3 is 2.85 bits per heavy atom. The van der Waals surface area contributed by atoms with Gasteiger partial charge in [-0.3, -0.25) is 4.79 Å². The van der Waals surface area contributed by atoms with Crippen LogP contribution in [-0.2, 0) is 11.2 Å². The van der Waals surface area contributed by atoms with Crippen molar-refractivity contribution in [1.82, 2.24) is 4.98 Å². The zero-order valence-electron chi connectivity index (χ0n) is 14.7. The van der Waals surface area contributed by atoms with Gasteiger partial charge in [0.25, 0.3) is 0 Å². The molecule has 2 aromatic carbocycles. The summed E-state index contributed by atoms with van der Waals surface area (Å²) in [6.07, 6.45) is 2.08. The predicted octanol–water partition coefficient (Wildman–Crippen LogP) is 4.66. The predicted molar refractivity (Wildman–Crippen MR) is 111 cm³/mol. The number of carbonyl (C=O) groups is 1. The topological polar surface area (TPSA) is 65.5 Å². The van der Waals surface area contributed by atoms with Crippen LogP contribution in [0.4, 0.5) is 10.8 Å². The number of nitrogens with zero attached hydrogens (tertiary/aromatic N) is 2. The Morgan fingerprint density at radius 1 is 1.26 bits per heavy atom. The van der Waals surface area contributed by atoms with Crippen LogP contribution in [0.3, 0.4) is 0 Å². The van der Waals surface area contributed by atoms with E-state index in [1.165, 1.54) is 0 Å². The summed E-state index contributed by atoms with van der Waals surface area (Å²) in [6, 6.07) is 13.9. The number of piperidine rings is 1. The van der Waals surface area contributed by atoms with Crippen LogP contribution in [0.1, 0.15) is 18.4 Å². The van der Waals surface area contributed by atoms with Gasteiger partial charge in [-0.25, -0.2) is 4.98 Å². The van der Waals surface area contributed by atoms with E-state index in [1.54, 1.807) is 11.3 Å². The van der Waals surface area contributed by atoms with E-state index in [-0.39, 0.29) is 6.42 Å². The van der Waals surface area contributed by atoms with Crippen LogP contribution in [0.2, 0.25) is 5.02 Å². The molecule has 2 N–H and O–H groups in total. The molecule has 0 bridgehead atoms. The molecule has 0 atom stereocenters. The smallest absolute Gasteiger partial charge is 0.307 e. The Labute approximate surface area is 166 Å². The zero-order valence-corrected chi connectivity index (χ0v) is 16.3. The van der Waals surface area contributed by atoms with Gasteiger partial charge in [0.2, 0.25) is 0 Å². The molecular weight excluding hydrogens is 382 g/mol. The molecule has 0 aliphatic carbocycles. The highest BCUT2D eigenvalue weighted by molar-refractivity contribution is 7.22. The molecule has 1 aliphatic rings. The number of aromatic nitrogens is 1. The van der Waals surface area contributed by atoms with E-state index in [4.69, 9.17) is 21.7 Å². The maximum atomic E-state index is 10.9. The van der Waals surface area contributed by atoms with Gasteiger partial charge < -0.3 is 15.3 Å². The second kappa shape index (κ2) is 7.74. The Bertz CT molecular complexity index is 967. The highest BCUT2D eigenvalue weighted by Gasteiger charge is 2.21. The first kappa shape index (κ1) is 18.1. The lowest BCUT2D eigenvalue weighted by molar-refractivity contribution is -0.136. The van der Waals surface area contributed by atoms with Crippen molar-refractivity contribution in [2.24, 2.45) is 0 Å². The number of fused-ring (bicyclic) bond motifs is 1. The number of halogens is 1. The SMILES string of the molecule is O=C(O)Cc1cccc(NC2CCN(c3nc4ccc(Cl)cc4s3)CC2)c1. The van der Waals surface area contributed by atoms with Gasteiger partial charge in [-0.15, -0.1) is 0 Å². The van der Waals surface area contributed by atoms with Crippen molar-refractivity contribution in [2.45, 2.75) is 25.3 Å². The van der Waals surface area contributed by atoms with E-state index in [0.29, 0.717) is 6.04 Å². The summed E-state index contributed by atoms with van der Waals surface area (Å²) in [5, 5.41) is 14.3. The largest absolute Gasteiger partial charge is 0.481 e. The van der Waals surface area contributed by atoms with E-state index < -0.39 is 5.97 Å². The highest BCUT2D eigenvalue weighted by Crippen LogP contribution is 2.32. The Kier molecular flexibility index (Phi) is 5.18. The summed E-state index contributed by atoms with van der Waals surface area (Å²) in [5.41, 5.74) is 2.80. The summed E-state index contributed by atoms with van der Waals surface area (Å²) in [7, 11) is 0. The lowest BCUT2D eigenvalue weighted by Crippen LogP contribution is -2.39. The molecule has 0 amide bonds. The van der Waals surface area contributed by atoms with Gasteiger partial charge in [-0.2, -0.15) is 0 Å². The molecule has 4 rings (SSSR count). The number of anilines is 2. The maximum Gasteiger partial charge on any atom is 0.307 e. The third-order valence-electron chi connectivity index (χ3n) is 4.76. The third-order valence-corrected chi connectivity index (χ3v) is 6.07. The number of nitrogens with one attached hydrogen (secondary N) is 1. The van der Waals surface area contributed by atoms with E-state index in [0.717, 1.165) is 57.6 Å². The van der Waals surface area contributed by atoms with Crippen molar-refractivity contribution in [1.29, 1.82) is 0 Å². The zero-order chi connectivity index (χ0) is 18.8. The van der Waals surface area contributed by atoms with Gasteiger partial charge in [-0.05, 0) is 48.7 Å². The maximum absolute atomic E-state index is 10.9. The van der Waals surface area contributed by atoms with Crippen LogP contribution >= 0.6 is 22.9 Å². The standard InChI is InChI=1S/C20H20ClN3O2S/c21-14-4-5-17-18(12-14)27-20(23-17)24-8-6-15(7-9-24)22-16-3-1-2-13(10-16)11-19(25)26/h1-5,10,12,15,22H,6-9,11H2,(H,25,26). The minimum absolute atomic E-state index is 0.0512. The molecule has 7 heteroatoms. The first-order valence-corrected chi connectivity index (χ1v) is 10.1. The van der Waals surface area contributed by atoms with Gasteiger partial charge in [0.15, 0.2) is 5.13 Å². The van der Waals surface area contributed by atoms with Crippen molar-refractivity contribution in [3.8, 4) is 0 Å². The lowest BCUT2D eigenvalue weighted by atomic mass is 10.0. The number of carboxylic acid groups (broad SMARTS) is 1. The normalized spacial score (nSPS) is 15.2. The van der Waals surface area contributed by atoms with Crippen molar-refractivity contribution in [3.63, 3.8) is 0 Å². The van der Waals surface area contributed by atoms with E-state index >= 15 is 0 Å². The number of hydrogen-bond acceptors (Lipinski definition) is 5. The Hall–Kier alpha value is -2.31. The minimum Gasteiger partial charge on any atom is -0.481 e. The molecule has 1 aromatic heterocycles. The quantitative estimate of drug-likeness (QED) is 0.651. The summed E-state index contributed by atoms with van der Waals surface area (Å²) in [4.78, 5) is 18.0. The number of rotatable bonds is 5. The average molecular weight is 402 g/mol. The summed E-state index contributed by atoms with van der Waals surface area (Å²) in [5.74, 6) is -0.808. The number of aliphatic carboxylic acids is 1. The summed E-state index contributed by atoms with van der Waals surface area (Å²) >= 11 is 7.76. The first-order chi connectivity index (χ1) is 13.1. The van der Waals surface area contributed by atoms with Crippen molar-refractivity contribution in [3.05, 3.63) is 53.1 Å². The molecule has 0 radical (unpaired) electrons. The molecule has 140 valence electrons. The number of hydrogen-bond donors (Lipinski definition) is 2. The van der Waals surface area contributed by atoms with Gasteiger partial charge in [0.05, 0.1) is 16.6 Å². The average Bonchev–Trinajstić information content (AvgIpc) is 3.05. The molecule has 1 fully saturated rings. The molecule has 0 spiro atoms. The number of thiazole rings is 1. The highest BCUT2D eigenvalue weighted by atomic mass is 35.5. The monoisotopic (exact) mass is 401 g/mol. The van der Waals surface area contributed by atoms with Gasteiger partial charge >= 0.3 is 5.97 Å². The Morgan fingerprint density at radius 2 is 2.07 bits per heavy atom. The lowest BCUT2D eigenvalue weighted by Gasteiger charge is -2.32. The molecule has 0 saturated carbocycles. The van der Waals surface area contributed by atoms with Crippen LogP contribution < -0.4 is 10.2 Å². The van der Waals surface area contributed by atoms with E-state index in [2.05, 4.69) is 10.2 Å². The van der Waals surface area contributed by atoms with Gasteiger partial charge in [0.1, 0.15) is 0 Å². The van der Waals surface area contributed by atoms with Crippen molar-refractivity contribution in [2.75, 3.05) is 23.3 Å². The fraction of sp³-hybridized carbons (Fsp3) is 0.300. The Balaban J connectivity index is 1.37. The van der Waals surface area contributed by atoms with Crippen molar-refractivity contribution >= 4 is 49.9 Å². The van der Waals surface area contributed by atoms with Crippen molar-refractivity contribution < 1.29 is 9.90 Å². The van der Waals surface area contributed by atoms with Gasteiger partial charge in [-0.1, -0.05) is 35.1 Å². The molecule has 2 heterocycles. The molecule has 5 nitrogen and oxygen atoms in total. The summed E-state index contributed by atoms with van der Waals surface area (Å²) in [6.45, 7) is 1.89. The van der Waals surface area contributed by atoms with E-state index in [9.17, 15) is 4.79 Å². The molecular formula is C20H20ClN3O2S. The second-order valence-electron chi connectivity index (χ2n) is 6.79. The molecule has 3 aromatic rings. The van der Waals surface area contributed by atoms with Crippen LogP contribution in [0.25, 0.3) is 10.2 Å². The molecule has 0 unspecified atom stereocenters. The fourth-order valence-corrected chi connectivity index (χ4v) is 4.71. The van der Waals surface area contributed by atoms with Crippen LogP contribution in [0, 0.1) is 0 Å². The molecule has 27 heavy (non-hydrogen) atoms. The number of benzene rings is 2.